The summed E-state index contributed by atoms with van der Waals surface area (Å²) in [6, 6.07) is 14.9. The Labute approximate surface area is 277 Å². The predicted octanol–water partition coefficient (Wildman–Crippen LogP) is 4.58. The topological polar surface area (TPSA) is 97.5 Å². The SMILES string of the molecule is O=C(COc1ccc(Cl)cc1)NC(CCN1CCC(N2Cc3ccccc3NC2=O)CC1)C(=O)N1CCC(N2CCCCC2)CC1. The van der Waals surface area contributed by atoms with Crippen LogP contribution in [0.4, 0.5) is 10.5 Å². The van der Waals surface area contributed by atoms with E-state index in [4.69, 9.17) is 16.3 Å². The minimum Gasteiger partial charge on any atom is -0.484 e. The molecule has 0 aromatic heterocycles. The van der Waals surface area contributed by atoms with Crippen molar-refractivity contribution in [3.63, 3.8) is 0 Å². The van der Waals surface area contributed by atoms with E-state index in [9.17, 15) is 14.4 Å². The number of piperidine rings is 3. The monoisotopic (exact) mass is 650 g/mol. The number of likely N-dealkylation sites (tertiary alicyclic amines) is 3. The average Bonchev–Trinajstić information content (AvgIpc) is 3.10. The first-order chi connectivity index (χ1) is 22.4. The summed E-state index contributed by atoms with van der Waals surface area (Å²) in [5, 5.41) is 6.64. The first-order valence-electron chi connectivity index (χ1n) is 17.0. The second-order valence-electron chi connectivity index (χ2n) is 13.1. The summed E-state index contributed by atoms with van der Waals surface area (Å²) in [5.41, 5.74) is 2.04. The van der Waals surface area contributed by atoms with Crippen molar-refractivity contribution in [1.29, 1.82) is 0 Å². The highest BCUT2D eigenvalue weighted by atomic mass is 35.5. The zero-order valence-electron chi connectivity index (χ0n) is 26.7. The molecule has 3 fully saturated rings. The van der Waals surface area contributed by atoms with Crippen LogP contribution in [0.1, 0.15) is 56.9 Å². The number of hydrogen-bond acceptors (Lipinski definition) is 6. The summed E-state index contributed by atoms with van der Waals surface area (Å²) in [6.07, 6.45) is 8.08. The van der Waals surface area contributed by atoms with Gasteiger partial charge in [0.05, 0.1) is 0 Å². The van der Waals surface area contributed by atoms with Gasteiger partial charge in [-0.25, -0.2) is 4.79 Å². The Balaban J connectivity index is 1.02. The third-order valence-electron chi connectivity index (χ3n) is 10.1. The van der Waals surface area contributed by atoms with Crippen molar-refractivity contribution in [2.24, 2.45) is 0 Å². The van der Waals surface area contributed by atoms with Gasteiger partial charge in [-0.05, 0) is 93.9 Å². The third kappa shape index (κ3) is 8.32. The van der Waals surface area contributed by atoms with E-state index in [-0.39, 0.29) is 30.5 Å². The molecule has 248 valence electrons. The summed E-state index contributed by atoms with van der Waals surface area (Å²) in [6.45, 7) is 6.60. The molecule has 2 aromatic carbocycles. The number of rotatable bonds is 10. The highest BCUT2D eigenvalue weighted by Gasteiger charge is 2.34. The van der Waals surface area contributed by atoms with E-state index >= 15 is 0 Å². The van der Waals surface area contributed by atoms with Gasteiger partial charge in [-0.15, -0.1) is 0 Å². The molecule has 3 saturated heterocycles. The summed E-state index contributed by atoms with van der Waals surface area (Å²) >= 11 is 5.97. The van der Waals surface area contributed by atoms with Crippen LogP contribution < -0.4 is 15.4 Å². The van der Waals surface area contributed by atoms with Gasteiger partial charge < -0.3 is 35.0 Å². The van der Waals surface area contributed by atoms with Crippen LogP contribution in [0, 0.1) is 0 Å². The molecule has 4 aliphatic heterocycles. The van der Waals surface area contributed by atoms with Crippen LogP contribution in [0.2, 0.25) is 5.02 Å². The molecule has 6 rings (SSSR count). The minimum absolute atomic E-state index is 0.00419. The second-order valence-corrected chi connectivity index (χ2v) is 13.5. The normalized spacial score (nSPS) is 20.9. The molecular weight excluding hydrogens is 604 g/mol. The van der Waals surface area contributed by atoms with Crippen molar-refractivity contribution in [3.8, 4) is 5.75 Å². The molecule has 10 nitrogen and oxygen atoms in total. The molecule has 0 bridgehead atoms. The molecule has 0 aliphatic carbocycles. The van der Waals surface area contributed by atoms with Crippen LogP contribution in [0.15, 0.2) is 48.5 Å². The number of hydrogen-bond donors (Lipinski definition) is 2. The largest absolute Gasteiger partial charge is 0.484 e. The molecule has 4 aliphatic rings. The van der Waals surface area contributed by atoms with Gasteiger partial charge in [0.25, 0.3) is 5.91 Å². The van der Waals surface area contributed by atoms with Gasteiger partial charge in [0, 0.05) is 62.1 Å². The van der Waals surface area contributed by atoms with Gasteiger partial charge in [0.1, 0.15) is 11.8 Å². The first kappa shape index (κ1) is 32.6. The van der Waals surface area contributed by atoms with Crippen LogP contribution >= 0.6 is 11.6 Å². The first-order valence-corrected chi connectivity index (χ1v) is 17.4. The van der Waals surface area contributed by atoms with Crippen molar-refractivity contribution in [1.82, 2.24) is 24.9 Å². The number of anilines is 1. The number of benzene rings is 2. The number of amides is 4. The second kappa shape index (κ2) is 15.5. The molecule has 2 aromatic rings. The van der Waals surface area contributed by atoms with E-state index in [1.54, 1.807) is 24.3 Å². The Hall–Kier alpha value is -3.34. The zero-order chi connectivity index (χ0) is 31.9. The number of carbonyl (C=O) groups is 3. The molecule has 0 saturated carbocycles. The number of ether oxygens (including phenoxy) is 1. The molecular formula is C35H47ClN6O4. The van der Waals surface area contributed by atoms with Crippen LogP contribution in [0.25, 0.3) is 0 Å². The van der Waals surface area contributed by atoms with Gasteiger partial charge in [-0.1, -0.05) is 36.2 Å². The maximum absolute atomic E-state index is 13.9. The molecule has 1 unspecified atom stereocenters. The average molecular weight is 651 g/mol. The van der Waals surface area contributed by atoms with E-state index in [2.05, 4.69) is 26.5 Å². The Kier molecular flexibility index (Phi) is 11.0. The molecule has 46 heavy (non-hydrogen) atoms. The summed E-state index contributed by atoms with van der Waals surface area (Å²) in [7, 11) is 0. The van der Waals surface area contributed by atoms with Crippen molar-refractivity contribution >= 4 is 35.1 Å². The maximum atomic E-state index is 13.9. The highest BCUT2D eigenvalue weighted by Crippen LogP contribution is 2.28. The van der Waals surface area contributed by atoms with Crippen molar-refractivity contribution < 1.29 is 19.1 Å². The molecule has 4 heterocycles. The standard InChI is InChI=1S/C35H47ClN6O4/c36-27-8-10-30(11-9-27)46-25-33(43)37-32(34(44)41-22-14-28(15-23-41)40-17-4-1-5-18-40)16-21-39-19-12-29(13-20-39)42-24-26-6-2-3-7-31(26)38-35(42)45/h2-3,6-11,28-29,32H,1,4-5,12-25H2,(H,37,43)(H,38,45). The van der Waals surface area contributed by atoms with Crippen LogP contribution in [-0.2, 0) is 16.1 Å². The van der Waals surface area contributed by atoms with E-state index in [0.29, 0.717) is 36.3 Å². The Bertz CT molecular complexity index is 1340. The van der Waals surface area contributed by atoms with Crippen molar-refractivity contribution in [3.05, 3.63) is 59.1 Å². The predicted molar refractivity (Wildman–Crippen MR) is 179 cm³/mol. The fourth-order valence-electron chi connectivity index (χ4n) is 7.41. The van der Waals surface area contributed by atoms with Gasteiger partial charge in [0.2, 0.25) is 5.91 Å². The third-order valence-corrected chi connectivity index (χ3v) is 10.3. The van der Waals surface area contributed by atoms with Crippen molar-refractivity contribution in [2.45, 2.75) is 76.0 Å². The fourth-order valence-corrected chi connectivity index (χ4v) is 7.54. The van der Waals surface area contributed by atoms with Crippen LogP contribution in [0.5, 0.6) is 5.75 Å². The number of urea groups is 1. The summed E-state index contributed by atoms with van der Waals surface area (Å²) in [5.74, 6) is 0.234. The smallest absolute Gasteiger partial charge is 0.322 e. The zero-order valence-corrected chi connectivity index (χ0v) is 27.4. The summed E-state index contributed by atoms with van der Waals surface area (Å²) < 4.78 is 5.68. The lowest BCUT2D eigenvalue weighted by molar-refractivity contribution is -0.138. The molecule has 1 atom stereocenters. The van der Waals surface area contributed by atoms with Gasteiger partial charge in [0.15, 0.2) is 6.61 Å². The van der Waals surface area contributed by atoms with E-state index < -0.39 is 6.04 Å². The molecule has 0 radical (unpaired) electrons. The van der Waals surface area contributed by atoms with Crippen molar-refractivity contribution in [2.75, 3.05) is 57.7 Å². The number of fused-ring (bicyclic) bond motifs is 1. The minimum atomic E-state index is -0.616. The molecule has 11 heteroatoms. The summed E-state index contributed by atoms with van der Waals surface area (Å²) in [4.78, 5) is 48.6. The Morgan fingerprint density at radius 2 is 1.59 bits per heavy atom. The van der Waals surface area contributed by atoms with E-state index in [1.165, 1.54) is 19.3 Å². The van der Waals surface area contributed by atoms with Crippen LogP contribution in [0.3, 0.4) is 0 Å². The van der Waals surface area contributed by atoms with Gasteiger partial charge >= 0.3 is 6.03 Å². The molecule has 2 N–H and O–H groups in total. The quantitative estimate of drug-likeness (QED) is 0.391. The Morgan fingerprint density at radius 1 is 0.891 bits per heavy atom. The lowest BCUT2D eigenvalue weighted by Gasteiger charge is -2.41. The number of nitrogens with one attached hydrogen (secondary N) is 2. The number of nitrogens with zero attached hydrogens (tertiary/aromatic N) is 4. The van der Waals surface area contributed by atoms with E-state index in [1.807, 2.05) is 28.0 Å². The van der Waals surface area contributed by atoms with E-state index in [0.717, 1.165) is 76.2 Å². The van der Waals surface area contributed by atoms with Gasteiger partial charge in [-0.3, -0.25) is 9.59 Å². The Morgan fingerprint density at radius 3 is 2.33 bits per heavy atom. The lowest BCUT2D eigenvalue weighted by atomic mass is 9.98. The highest BCUT2D eigenvalue weighted by molar-refractivity contribution is 6.30. The van der Waals surface area contributed by atoms with Crippen LogP contribution in [-0.4, -0.2) is 108 Å². The maximum Gasteiger partial charge on any atom is 0.322 e. The van der Waals surface area contributed by atoms with Gasteiger partial charge in [-0.2, -0.15) is 0 Å². The molecule has 0 spiro atoms. The fraction of sp³-hybridized carbons (Fsp3) is 0.571. The number of carbonyl (C=O) groups excluding carboxylic acids is 3. The molecule has 4 amide bonds. The number of halogens is 1. The number of para-hydroxylation sites is 1. The lowest BCUT2D eigenvalue weighted by Crippen LogP contribution is -2.55.